The van der Waals surface area contributed by atoms with Gasteiger partial charge in [-0.2, -0.15) is 0 Å². The van der Waals surface area contributed by atoms with E-state index in [0.29, 0.717) is 5.92 Å². The number of rotatable bonds is 6. The van der Waals surface area contributed by atoms with Gasteiger partial charge in [-0.25, -0.2) is 0 Å². The first kappa shape index (κ1) is 15.0. The van der Waals surface area contributed by atoms with Gasteiger partial charge in [0.05, 0.1) is 19.3 Å². The van der Waals surface area contributed by atoms with E-state index in [0.717, 1.165) is 11.3 Å². The number of hydrogen-bond donors (Lipinski definition) is 3. The van der Waals surface area contributed by atoms with E-state index < -0.39 is 6.10 Å². The van der Waals surface area contributed by atoms with Gasteiger partial charge in [0.1, 0.15) is 5.75 Å². The molecule has 4 nitrogen and oxygen atoms in total. The summed E-state index contributed by atoms with van der Waals surface area (Å²) in [6, 6.07) is 5.85. The number of ether oxygens (including phenoxy) is 1. The zero-order valence-corrected chi connectivity index (χ0v) is 11.6. The van der Waals surface area contributed by atoms with E-state index >= 15 is 0 Å². The van der Waals surface area contributed by atoms with Crippen LogP contribution in [0.1, 0.15) is 36.9 Å². The summed E-state index contributed by atoms with van der Waals surface area (Å²) in [7, 11) is 3.44. The number of likely N-dealkylation sites (N-methyl/N-ethyl adjacent to an activating group) is 1. The van der Waals surface area contributed by atoms with Gasteiger partial charge < -0.3 is 20.9 Å². The number of hydrogen-bond acceptors (Lipinski definition) is 4. The van der Waals surface area contributed by atoms with Crippen LogP contribution in [0.2, 0.25) is 0 Å². The van der Waals surface area contributed by atoms with Crippen molar-refractivity contribution in [2.45, 2.75) is 31.9 Å². The van der Waals surface area contributed by atoms with Gasteiger partial charge in [-0.1, -0.05) is 26.0 Å². The minimum atomic E-state index is -0.633. The lowest BCUT2D eigenvalue weighted by Gasteiger charge is -2.24. The van der Waals surface area contributed by atoms with Gasteiger partial charge in [-0.05, 0) is 24.6 Å². The van der Waals surface area contributed by atoms with Gasteiger partial charge in [0.25, 0.3) is 0 Å². The number of nitrogens with two attached hydrogens (primary N) is 1. The molecule has 1 aromatic carbocycles. The standard InChI is InChI=1S/C14H24N2O2/c1-9(2)10-5-6-13(18-4)11(7-10)14(16-3)12(17)8-15/h5-7,9,12,14,16-17H,8,15H2,1-4H3. The lowest BCUT2D eigenvalue weighted by atomic mass is 9.94. The Morgan fingerprint density at radius 3 is 2.50 bits per heavy atom. The van der Waals surface area contributed by atoms with Crippen LogP contribution in [-0.2, 0) is 0 Å². The fraction of sp³-hybridized carbons (Fsp3) is 0.571. The first-order valence-corrected chi connectivity index (χ1v) is 6.28. The summed E-state index contributed by atoms with van der Waals surface area (Å²) in [6.45, 7) is 4.49. The van der Waals surface area contributed by atoms with Crippen molar-refractivity contribution in [3.8, 4) is 5.75 Å². The minimum Gasteiger partial charge on any atom is -0.496 e. The third-order valence-corrected chi connectivity index (χ3v) is 3.19. The molecule has 0 fully saturated rings. The highest BCUT2D eigenvalue weighted by atomic mass is 16.5. The molecule has 1 rings (SSSR count). The van der Waals surface area contributed by atoms with Crippen molar-refractivity contribution < 1.29 is 9.84 Å². The summed E-state index contributed by atoms with van der Waals surface area (Å²) >= 11 is 0. The van der Waals surface area contributed by atoms with E-state index in [2.05, 4.69) is 31.3 Å². The van der Waals surface area contributed by atoms with E-state index in [1.807, 2.05) is 13.1 Å². The molecule has 0 radical (unpaired) electrons. The predicted molar refractivity (Wildman–Crippen MR) is 73.9 cm³/mol. The Labute approximate surface area is 109 Å². The molecule has 0 aromatic heterocycles. The van der Waals surface area contributed by atoms with Crippen LogP contribution in [0.15, 0.2) is 18.2 Å². The van der Waals surface area contributed by atoms with E-state index in [-0.39, 0.29) is 12.6 Å². The van der Waals surface area contributed by atoms with Crippen LogP contribution in [0, 0.1) is 0 Å². The largest absolute Gasteiger partial charge is 0.496 e. The Balaban J connectivity index is 3.20. The average molecular weight is 252 g/mol. The Bertz CT molecular complexity index is 380. The summed E-state index contributed by atoms with van der Waals surface area (Å²) < 4.78 is 5.37. The maximum absolute atomic E-state index is 9.98. The maximum atomic E-state index is 9.98. The highest BCUT2D eigenvalue weighted by Gasteiger charge is 2.22. The second-order valence-corrected chi connectivity index (χ2v) is 4.73. The van der Waals surface area contributed by atoms with Crippen molar-refractivity contribution in [3.05, 3.63) is 29.3 Å². The first-order valence-electron chi connectivity index (χ1n) is 6.28. The molecule has 0 bridgehead atoms. The van der Waals surface area contributed by atoms with Gasteiger partial charge in [0, 0.05) is 12.1 Å². The molecule has 0 aliphatic rings. The molecule has 2 unspecified atom stereocenters. The second kappa shape index (κ2) is 6.73. The third kappa shape index (κ3) is 3.22. The number of aliphatic hydroxyl groups excluding tert-OH is 1. The Kier molecular flexibility index (Phi) is 5.59. The summed E-state index contributed by atoms with van der Waals surface area (Å²) in [5.41, 5.74) is 7.71. The van der Waals surface area contributed by atoms with Crippen LogP contribution in [0.4, 0.5) is 0 Å². The molecule has 0 heterocycles. The van der Waals surface area contributed by atoms with Crippen LogP contribution < -0.4 is 15.8 Å². The van der Waals surface area contributed by atoms with Crippen molar-refractivity contribution in [2.75, 3.05) is 20.7 Å². The molecular weight excluding hydrogens is 228 g/mol. The van der Waals surface area contributed by atoms with Crippen LogP contribution in [0.5, 0.6) is 5.75 Å². The minimum absolute atomic E-state index is 0.209. The van der Waals surface area contributed by atoms with Gasteiger partial charge in [0.2, 0.25) is 0 Å². The van der Waals surface area contributed by atoms with Gasteiger partial charge >= 0.3 is 0 Å². The molecule has 1 aromatic rings. The molecule has 0 aliphatic heterocycles. The van der Waals surface area contributed by atoms with E-state index in [4.69, 9.17) is 10.5 Å². The predicted octanol–water partition coefficient (Wildman–Crippen LogP) is 1.40. The molecule has 0 saturated heterocycles. The summed E-state index contributed by atoms with van der Waals surface area (Å²) in [5, 5.41) is 13.1. The molecule has 4 heteroatoms. The van der Waals surface area contributed by atoms with Gasteiger partial charge in [-0.3, -0.25) is 0 Å². The van der Waals surface area contributed by atoms with E-state index in [1.165, 1.54) is 5.56 Å². The molecule has 2 atom stereocenters. The maximum Gasteiger partial charge on any atom is 0.123 e. The molecule has 0 spiro atoms. The Hall–Kier alpha value is -1.10. The van der Waals surface area contributed by atoms with Crippen molar-refractivity contribution in [1.82, 2.24) is 5.32 Å². The fourth-order valence-corrected chi connectivity index (χ4v) is 2.05. The highest BCUT2D eigenvalue weighted by molar-refractivity contribution is 5.41. The lowest BCUT2D eigenvalue weighted by molar-refractivity contribution is 0.137. The topological polar surface area (TPSA) is 67.5 Å². The zero-order valence-electron chi connectivity index (χ0n) is 11.6. The van der Waals surface area contributed by atoms with Crippen molar-refractivity contribution in [2.24, 2.45) is 5.73 Å². The normalized spacial score (nSPS) is 14.6. The summed E-state index contributed by atoms with van der Waals surface area (Å²) in [6.07, 6.45) is -0.633. The van der Waals surface area contributed by atoms with Crippen LogP contribution in [-0.4, -0.2) is 31.9 Å². The highest BCUT2D eigenvalue weighted by Crippen LogP contribution is 2.30. The first-order chi connectivity index (χ1) is 8.54. The third-order valence-electron chi connectivity index (χ3n) is 3.19. The number of methoxy groups -OCH3 is 1. The van der Waals surface area contributed by atoms with Gasteiger partial charge in [-0.15, -0.1) is 0 Å². The smallest absolute Gasteiger partial charge is 0.123 e. The monoisotopic (exact) mass is 252 g/mol. The lowest BCUT2D eigenvalue weighted by Crippen LogP contribution is -2.35. The number of benzene rings is 1. The van der Waals surface area contributed by atoms with E-state index in [9.17, 15) is 5.11 Å². The van der Waals surface area contributed by atoms with Gasteiger partial charge in [0.15, 0.2) is 0 Å². The molecule has 0 amide bonds. The van der Waals surface area contributed by atoms with Crippen LogP contribution in [0.25, 0.3) is 0 Å². The van der Waals surface area contributed by atoms with E-state index in [1.54, 1.807) is 7.11 Å². The Morgan fingerprint density at radius 1 is 1.39 bits per heavy atom. The van der Waals surface area contributed by atoms with Crippen molar-refractivity contribution in [3.63, 3.8) is 0 Å². The summed E-state index contributed by atoms with van der Waals surface area (Å²) in [4.78, 5) is 0. The molecule has 102 valence electrons. The van der Waals surface area contributed by atoms with Crippen molar-refractivity contribution in [1.29, 1.82) is 0 Å². The average Bonchev–Trinajstić information content (AvgIpc) is 2.39. The quantitative estimate of drug-likeness (QED) is 0.716. The summed E-state index contributed by atoms with van der Waals surface area (Å²) in [5.74, 6) is 1.20. The Morgan fingerprint density at radius 2 is 2.06 bits per heavy atom. The van der Waals surface area contributed by atoms with Crippen LogP contribution >= 0.6 is 0 Å². The van der Waals surface area contributed by atoms with Crippen molar-refractivity contribution >= 4 is 0 Å². The number of aliphatic hydroxyl groups is 1. The fourth-order valence-electron chi connectivity index (χ4n) is 2.05. The van der Waals surface area contributed by atoms with Crippen LogP contribution in [0.3, 0.4) is 0 Å². The molecule has 4 N–H and O–H groups in total. The SMILES string of the molecule is CNC(c1cc(C(C)C)ccc1OC)C(O)CN. The molecule has 0 aliphatic carbocycles. The second-order valence-electron chi connectivity index (χ2n) is 4.73. The number of nitrogens with one attached hydrogen (secondary N) is 1. The molecule has 18 heavy (non-hydrogen) atoms. The molecular formula is C14H24N2O2. The zero-order chi connectivity index (χ0) is 13.7. The molecule has 0 saturated carbocycles.